The van der Waals surface area contributed by atoms with Crippen LogP contribution < -0.4 is 20.1 Å². The first kappa shape index (κ1) is 19.5. The number of ether oxygens (including phenoxy) is 2. The lowest BCUT2D eigenvalue weighted by molar-refractivity contribution is 0.309. The van der Waals surface area contributed by atoms with E-state index in [-0.39, 0.29) is 17.6 Å². The van der Waals surface area contributed by atoms with Crippen LogP contribution in [0, 0.1) is 17.0 Å². The molecule has 0 heterocycles. The zero-order chi connectivity index (χ0) is 18.6. The monoisotopic (exact) mass is 363 g/mol. The maximum Gasteiger partial charge on any atom is 0.188 e. The van der Waals surface area contributed by atoms with Gasteiger partial charge in [-0.1, -0.05) is 0 Å². The van der Waals surface area contributed by atoms with E-state index in [2.05, 4.69) is 10.6 Å². The zero-order valence-corrected chi connectivity index (χ0v) is 14.4. The molecule has 0 saturated carbocycles. The third kappa shape index (κ3) is 7.83. The minimum Gasteiger partial charge on any atom is -0.494 e. The van der Waals surface area contributed by atoms with Gasteiger partial charge in [0.25, 0.3) is 0 Å². The van der Waals surface area contributed by atoms with E-state index in [0.717, 1.165) is 12.8 Å². The molecular formula is C19H23F2N3O2. The van der Waals surface area contributed by atoms with E-state index < -0.39 is 0 Å². The van der Waals surface area contributed by atoms with Crippen molar-refractivity contribution in [3.05, 3.63) is 60.2 Å². The molecule has 140 valence electrons. The first-order valence-corrected chi connectivity index (χ1v) is 8.46. The van der Waals surface area contributed by atoms with Crippen molar-refractivity contribution >= 4 is 5.96 Å². The van der Waals surface area contributed by atoms with Crippen LogP contribution in [0.15, 0.2) is 48.5 Å². The summed E-state index contributed by atoms with van der Waals surface area (Å²) in [7, 11) is 0. The van der Waals surface area contributed by atoms with Crippen LogP contribution in [0.25, 0.3) is 0 Å². The summed E-state index contributed by atoms with van der Waals surface area (Å²) in [6, 6.07) is 11.8. The number of hydrogen-bond donors (Lipinski definition) is 3. The minimum absolute atomic E-state index is 0.244. The van der Waals surface area contributed by atoms with Gasteiger partial charge in [0.05, 0.1) is 13.2 Å². The van der Waals surface area contributed by atoms with E-state index in [1.807, 2.05) is 0 Å². The quantitative estimate of drug-likeness (QED) is 0.344. The van der Waals surface area contributed by atoms with Gasteiger partial charge in [-0.3, -0.25) is 5.41 Å². The molecule has 26 heavy (non-hydrogen) atoms. The lowest BCUT2D eigenvalue weighted by Gasteiger charge is -2.11. The SMILES string of the molecule is N=C(NCCCOc1ccc(F)cc1)NCCCOc1ccc(F)cc1. The summed E-state index contributed by atoms with van der Waals surface area (Å²) in [6.07, 6.45) is 1.43. The van der Waals surface area contributed by atoms with Crippen LogP contribution in [0.4, 0.5) is 8.78 Å². The number of halogens is 2. The molecule has 0 spiro atoms. The second-order valence-corrected chi connectivity index (χ2v) is 5.54. The summed E-state index contributed by atoms with van der Waals surface area (Å²) in [6.45, 7) is 2.16. The highest BCUT2D eigenvalue weighted by Crippen LogP contribution is 2.11. The van der Waals surface area contributed by atoms with Gasteiger partial charge in [-0.25, -0.2) is 8.78 Å². The van der Waals surface area contributed by atoms with Crippen molar-refractivity contribution in [2.24, 2.45) is 0 Å². The molecule has 0 fully saturated rings. The van der Waals surface area contributed by atoms with Gasteiger partial charge < -0.3 is 20.1 Å². The lowest BCUT2D eigenvalue weighted by Crippen LogP contribution is -2.38. The normalized spacial score (nSPS) is 10.2. The maximum atomic E-state index is 12.8. The molecule has 0 atom stereocenters. The molecule has 0 saturated heterocycles. The van der Waals surface area contributed by atoms with Crippen molar-refractivity contribution in [3.63, 3.8) is 0 Å². The highest BCUT2D eigenvalue weighted by atomic mass is 19.1. The van der Waals surface area contributed by atoms with Crippen molar-refractivity contribution in [1.29, 1.82) is 5.41 Å². The molecule has 0 unspecified atom stereocenters. The van der Waals surface area contributed by atoms with Crippen LogP contribution in [-0.2, 0) is 0 Å². The van der Waals surface area contributed by atoms with Gasteiger partial charge in [-0.05, 0) is 61.4 Å². The first-order chi connectivity index (χ1) is 12.6. The highest BCUT2D eigenvalue weighted by Gasteiger charge is 1.98. The molecule has 0 aliphatic heterocycles. The summed E-state index contributed by atoms with van der Waals surface area (Å²) < 4.78 is 36.4. The summed E-state index contributed by atoms with van der Waals surface area (Å²) >= 11 is 0. The zero-order valence-electron chi connectivity index (χ0n) is 14.4. The molecule has 0 radical (unpaired) electrons. The van der Waals surface area contributed by atoms with E-state index in [0.29, 0.717) is 37.8 Å². The van der Waals surface area contributed by atoms with E-state index in [1.165, 1.54) is 24.3 Å². The Labute approximate surface area is 151 Å². The van der Waals surface area contributed by atoms with Gasteiger partial charge in [0, 0.05) is 13.1 Å². The number of rotatable bonds is 10. The van der Waals surface area contributed by atoms with Crippen molar-refractivity contribution in [2.75, 3.05) is 26.3 Å². The van der Waals surface area contributed by atoms with Gasteiger partial charge in [0.1, 0.15) is 23.1 Å². The van der Waals surface area contributed by atoms with Crippen LogP contribution in [0.3, 0.4) is 0 Å². The fraction of sp³-hybridized carbons (Fsp3) is 0.316. The molecule has 5 nitrogen and oxygen atoms in total. The van der Waals surface area contributed by atoms with E-state index in [4.69, 9.17) is 14.9 Å². The van der Waals surface area contributed by atoms with Crippen molar-refractivity contribution < 1.29 is 18.3 Å². The van der Waals surface area contributed by atoms with Gasteiger partial charge in [0.2, 0.25) is 0 Å². The minimum atomic E-state index is -0.290. The standard InChI is InChI=1S/C19H23F2N3O2/c20-15-3-7-17(8-4-15)25-13-1-11-23-19(22)24-12-2-14-26-18-9-5-16(21)6-10-18/h3-10H,1-2,11-14H2,(H3,22,23,24). The molecular weight excluding hydrogens is 340 g/mol. The van der Waals surface area contributed by atoms with Crippen LogP contribution in [0.1, 0.15) is 12.8 Å². The molecule has 0 aromatic heterocycles. The Kier molecular flexibility index (Phi) is 8.18. The average Bonchev–Trinajstić information content (AvgIpc) is 2.64. The van der Waals surface area contributed by atoms with Crippen LogP contribution in [0.2, 0.25) is 0 Å². The Morgan fingerprint density at radius 1 is 0.731 bits per heavy atom. The van der Waals surface area contributed by atoms with Crippen LogP contribution in [-0.4, -0.2) is 32.3 Å². The molecule has 3 N–H and O–H groups in total. The summed E-state index contributed by atoms with van der Waals surface area (Å²) in [5.74, 6) is 0.915. The largest absolute Gasteiger partial charge is 0.494 e. The smallest absolute Gasteiger partial charge is 0.188 e. The third-order valence-electron chi connectivity index (χ3n) is 3.41. The summed E-state index contributed by atoms with van der Waals surface area (Å²) in [4.78, 5) is 0. The predicted molar refractivity (Wildman–Crippen MR) is 96.8 cm³/mol. The molecule has 0 aliphatic carbocycles. The van der Waals surface area contributed by atoms with Crippen LogP contribution in [0.5, 0.6) is 11.5 Å². The van der Waals surface area contributed by atoms with Gasteiger partial charge in [-0.15, -0.1) is 0 Å². The van der Waals surface area contributed by atoms with Gasteiger partial charge in [0.15, 0.2) is 5.96 Å². The number of hydrogen-bond acceptors (Lipinski definition) is 3. The van der Waals surface area contributed by atoms with Gasteiger partial charge in [-0.2, -0.15) is 0 Å². The topological polar surface area (TPSA) is 66.4 Å². The molecule has 7 heteroatoms. The van der Waals surface area contributed by atoms with E-state index in [1.54, 1.807) is 24.3 Å². The van der Waals surface area contributed by atoms with Crippen molar-refractivity contribution in [1.82, 2.24) is 10.6 Å². The summed E-state index contributed by atoms with van der Waals surface area (Å²) in [5.41, 5.74) is 0. The number of nitrogens with one attached hydrogen (secondary N) is 3. The first-order valence-electron chi connectivity index (χ1n) is 8.46. The molecule has 2 aromatic carbocycles. The molecule has 0 amide bonds. The Morgan fingerprint density at radius 2 is 1.12 bits per heavy atom. The summed E-state index contributed by atoms with van der Waals surface area (Å²) in [5, 5.41) is 13.6. The Balaban J connectivity index is 1.45. The van der Waals surface area contributed by atoms with Gasteiger partial charge >= 0.3 is 0 Å². The molecule has 2 rings (SSSR count). The average molecular weight is 363 g/mol. The Morgan fingerprint density at radius 3 is 1.50 bits per heavy atom. The Bertz CT molecular complexity index is 606. The third-order valence-corrected chi connectivity index (χ3v) is 3.41. The van der Waals surface area contributed by atoms with Crippen LogP contribution >= 0.6 is 0 Å². The molecule has 0 aliphatic rings. The molecule has 2 aromatic rings. The highest BCUT2D eigenvalue weighted by molar-refractivity contribution is 5.76. The fourth-order valence-electron chi connectivity index (χ4n) is 2.08. The molecule has 0 bridgehead atoms. The lowest BCUT2D eigenvalue weighted by atomic mass is 10.3. The number of benzene rings is 2. The maximum absolute atomic E-state index is 12.8. The second kappa shape index (κ2) is 10.9. The fourth-order valence-corrected chi connectivity index (χ4v) is 2.08. The number of guanidine groups is 1. The van der Waals surface area contributed by atoms with E-state index >= 15 is 0 Å². The predicted octanol–water partition coefficient (Wildman–Crippen LogP) is 3.32. The van der Waals surface area contributed by atoms with E-state index in [9.17, 15) is 8.78 Å². The second-order valence-electron chi connectivity index (χ2n) is 5.54. The van der Waals surface area contributed by atoms with Crippen molar-refractivity contribution in [2.45, 2.75) is 12.8 Å². The Hall–Kier alpha value is -2.83. The van der Waals surface area contributed by atoms with Crippen molar-refractivity contribution in [3.8, 4) is 11.5 Å².